The van der Waals surface area contributed by atoms with Crippen LogP contribution in [0.1, 0.15) is 0 Å². The fraction of sp³-hybridized carbons (Fsp3) is 1.00. The van der Waals surface area contributed by atoms with Gasteiger partial charge in [-0.25, -0.2) is 0 Å². The van der Waals surface area contributed by atoms with E-state index in [1.807, 2.05) is 0 Å². The van der Waals surface area contributed by atoms with Gasteiger partial charge in [-0.05, 0) is 0 Å². The predicted octanol–water partition coefficient (Wildman–Crippen LogP) is 0.897. The zero-order valence-corrected chi connectivity index (χ0v) is 8.80. The van der Waals surface area contributed by atoms with E-state index < -0.39 is 0 Å². The predicted molar refractivity (Wildman–Crippen MR) is 50.5 cm³/mol. The monoisotopic (exact) mass is 256 g/mol. The average Bonchev–Trinajstić information content (AvgIpc) is 1.86. The Morgan fingerprint density at radius 1 is 1.60 bits per heavy atom. The Morgan fingerprint density at radius 3 is 2.70 bits per heavy atom. The van der Waals surface area contributed by atoms with Gasteiger partial charge in [-0.2, -0.15) is 0 Å². The zero-order chi connectivity index (χ0) is 7.61. The van der Waals surface area contributed by atoms with Crippen LogP contribution in [0.15, 0.2) is 0 Å². The fourth-order valence-electron chi connectivity index (χ4n) is 1.26. The van der Waals surface area contributed by atoms with Crippen molar-refractivity contribution in [3.63, 3.8) is 0 Å². The maximum atomic E-state index is 5.54. The lowest BCUT2D eigenvalue weighted by Gasteiger charge is -2.37. The summed E-state index contributed by atoms with van der Waals surface area (Å²) in [5, 5.41) is 0. The molecular weight excluding hydrogens is 241 g/mol. The zero-order valence-electron chi connectivity index (χ0n) is 6.64. The van der Waals surface area contributed by atoms with E-state index in [-0.39, 0.29) is 0 Å². The molecule has 0 bridgehead atoms. The third-order valence-electron chi connectivity index (χ3n) is 1.92. The Hall–Kier alpha value is 0.650. The van der Waals surface area contributed by atoms with Crippen LogP contribution in [0, 0.1) is 0 Å². The molecule has 0 radical (unpaired) electrons. The molecule has 0 saturated carbocycles. The van der Waals surface area contributed by atoms with Gasteiger partial charge in [-0.3, -0.25) is 0 Å². The van der Waals surface area contributed by atoms with E-state index in [9.17, 15) is 0 Å². The normalized spacial score (nSPS) is 32.1. The molecule has 10 heavy (non-hydrogen) atoms. The summed E-state index contributed by atoms with van der Waals surface area (Å²) in [5.74, 6) is 0. The van der Waals surface area contributed by atoms with Crippen LogP contribution in [0.2, 0.25) is 0 Å². The lowest BCUT2D eigenvalue weighted by atomic mass is 10.3. The Balaban J connectivity index is 2.40. The lowest BCUT2D eigenvalue weighted by molar-refractivity contribution is -0.901. The average molecular weight is 256 g/mol. The third kappa shape index (κ3) is 2.36. The summed E-state index contributed by atoms with van der Waals surface area (Å²) in [4.78, 5) is 0. The molecule has 0 aromatic rings. The summed E-state index contributed by atoms with van der Waals surface area (Å²) in [7, 11) is 4.53. The smallest absolute Gasteiger partial charge is 0.116 e. The highest BCUT2D eigenvalue weighted by molar-refractivity contribution is 14.1. The van der Waals surface area contributed by atoms with Crippen LogP contribution in [0.25, 0.3) is 0 Å². The first kappa shape index (κ1) is 8.74. The Morgan fingerprint density at radius 2 is 2.30 bits per heavy atom. The van der Waals surface area contributed by atoms with Crippen molar-refractivity contribution < 1.29 is 9.22 Å². The Labute approximate surface area is 76.3 Å². The standard InChI is InChI=1S/C7H15INO/c1-9(2)3-4-10-7(5-8)6-9/h7H,3-6H2,1-2H3/q+1. The van der Waals surface area contributed by atoms with E-state index in [0.29, 0.717) is 6.10 Å². The van der Waals surface area contributed by atoms with Crippen LogP contribution in [-0.2, 0) is 4.74 Å². The molecule has 0 aromatic carbocycles. The van der Waals surface area contributed by atoms with Gasteiger partial charge < -0.3 is 9.22 Å². The van der Waals surface area contributed by atoms with Crippen molar-refractivity contribution in [1.82, 2.24) is 0 Å². The van der Waals surface area contributed by atoms with Crippen LogP contribution < -0.4 is 0 Å². The molecule has 60 valence electrons. The van der Waals surface area contributed by atoms with E-state index in [4.69, 9.17) is 4.74 Å². The molecule has 1 unspecified atom stereocenters. The summed E-state index contributed by atoms with van der Waals surface area (Å²) in [5.41, 5.74) is 0. The molecule has 0 spiro atoms. The van der Waals surface area contributed by atoms with Crippen molar-refractivity contribution in [3.8, 4) is 0 Å². The van der Waals surface area contributed by atoms with E-state index in [0.717, 1.165) is 22.1 Å². The Bertz CT molecular complexity index is 116. The van der Waals surface area contributed by atoms with Gasteiger partial charge in [0.1, 0.15) is 19.2 Å². The molecule has 1 atom stereocenters. The number of alkyl halides is 1. The van der Waals surface area contributed by atoms with Crippen LogP contribution in [0.5, 0.6) is 0 Å². The number of quaternary nitrogens is 1. The van der Waals surface area contributed by atoms with Crippen LogP contribution >= 0.6 is 22.6 Å². The number of rotatable bonds is 1. The molecule has 0 N–H and O–H groups in total. The van der Waals surface area contributed by atoms with E-state index in [2.05, 4.69) is 36.7 Å². The largest absolute Gasteiger partial charge is 0.366 e. The highest BCUT2D eigenvalue weighted by Gasteiger charge is 2.26. The molecule has 0 aliphatic carbocycles. The highest BCUT2D eigenvalue weighted by atomic mass is 127. The van der Waals surface area contributed by atoms with E-state index in [1.54, 1.807) is 0 Å². The van der Waals surface area contributed by atoms with Gasteiger partial charge in [0.2, 0.25) is 0 Å². The second-order valence-electron chi connectivity index (χ2n) is 3.49. The van der Waals surface area contributed by atoms with Gasteiger partial charge >= 0.3 is 0 Å². The molecule has 1 saturated heterocycles. The molecule has 1 aliphatic rings. The first-order chi connectivity index (χ1) is 4.64. The second-order valence-corrected chi connectivity index (χ2v) is 4.37. The molecule has 1 fully saturated rings. The van der Waals surface area contributed by atoms with Crippen molar-refractivity contribution in [3.05, 3.63) is 0 Å². The van der Waals surface area contributed by atoms with E-state index >= 15 is 0 Å². The molecular formula is C7H15INO+. The minimum atomic E-state index is 0.490. The van der Waals surface area contributed by atoms with Crippen molar-refractivity contribution in [2.75, 3.05) is 38.2 Å². The maximum absolute atomic E-state index is 5.54. The van der Waals surface area contributed by atoms with Crippen LogP contribution in [0.3, 0.4) is 0 Å². The molecule has 0 amide bonds. The van der Waals surface area contributed by atoms with Crippen molar-refractivity contribution in [1.29, 1.82) is 0 Å². The molecule has 1 rings (SSSR count). The number of likely N-dealkylation sites (N-methyl/N-ethyl adjacent to an activating group) is 1. The highest BCUT2D eigenvalue weighted by Crippen LogP contribution is 2.11. The van der Waals surface area contributed by atoms with Gasteiger partial charge in [0, 0.05) is 4.43 Å². The number of hydrogen-bond donors (Lipinski definition) is 0. The van der Waals surface area contributed by atoms with Gasteiger partial charge in [-0.1, -0.05) is 22.6 Å². The Kier molecular flexibility index (Phi) is 2.94. The van der Waals surface area contributed by atoms with Gasteiger partial charge in [0.15, 0.2) is 0 Å². The molecule has 1 heterocycles. The fourth-order valence-corrected chi connectivity index (χ4v) is 1.79. The number of morpholine rings is 1. The SMILES string of the molecule is C[N+]1(C)CCOC(CI)C1. The summed E-state index contributed by atoms with van der Waals surface area (Å²) in [6, 6.07) is 0. The van der Waals surface area contributed by atoms with Crippen molar-refractivity contribution >= 4 is 22.6 Å². The van der Waals surface area contributed by atoms with Crippen molar-refractivity contribution in [2.24, 2.45) is 0 Å². The summed E-state index contributed by atoms with van der Waals surface area (Å²) >= 11 is 2.39. The minimum Gasteiger partial charge on any atom is -0.366 e. The molecule has 1 aliphatic heterocycles. The topological polar surface area (TPSA) is 9.23 Å². The summed E-state index contributed by atoms with van der Waals surface area (Å²) < 4.78 is 7.78. The van der Waals surface area contributed by atoms with Crippen LogP contribution in [-0.4, -0.2) is 48.8 Å². The summed E-state index contributed by atoms with van der Waals surface area (Å²) in [6.45, 7) is 3.26. The first-order valence-electron chi connectivity index (χ1n) is 3.64. The minimum absolute atomic E-state index is 0.490. The van der Waals surface area contributed by atoms with Crippen molar-refractivity contribution in [2.45, 2.75) is 6.10 Å². The van der Waals surface area contributed by atoms with Gasteiger partial charge in [0.25, 0.3) is 0 Å². The number of ether oxygens (including phenoxy) is 1. The number of nitrogens with zero attached hydrogens (tertiary/aromatic N) is 1. The molecule has 3 heteroatoms. The van der Waals surface area contributed by atoms with E-state index in [1.165, 1.54) is 6.54 Å². The number of halogens is 1. The summed E-state index contributed by atoms with van der Waals surface area (Å²) in [6.07, 6.45) is 0.490. The first-order valence-corrected chi connectivity index (χ1v) is 5.16. The molecule has 2 nitrogen and oxygen atoms in total. The van der Waals surface area contributed by atoms with Crippen LogP contribution in [0.4, 0.5) is 0 Å². The quantitative estimate of drug-likeness (QED) is 0.385. The second kappa shape index (κ2) is 3.36. The third-order valence-corrected chi connectivity index (χ3v) is 2.90. The number of hydrogen-bond acceptors (Lipinski definition) is 1. The van der Waals surface area contributed by atoms with Gasteiger partial charge in [0.05, 0.1) is 20.7 Å². The molecule has 0 aromatic heterocycles. The lowest BCUT2D eigenvalue weighted by Crippen LogP contribution is -2.53. The van der Waals surface area contributed by atoms with Gasteiger partial charge in [-0.15, -0.1) is 0 Å². The maximum Gasteiger partial charge on any atom is 0.116 e.